The van der Waals surface area contributed by atoms with Crippen LogP contribution in [0.2, 0.25) is 0 Å². The molecule has 0 saturated carbocycles. The number of halogens is 1. The van der Waals surface area contributed by atoms with Crippen molar-refractivity contribution in [3.8, 4) is 0 Å². The van der Waals surface area contributed by atoms with E-state index < -0.39 is 5.60 Å². The van der Waals surface area contributed by atoms with Crippen molar-refractivity contribution in [2.75, 3.05) is 19.7 Å². The maximum Gasteiger partial charge on any atom is 0.410 e. The van der Waals surface area contributed by atoms with Crippen molar-refractivity contribution >= 4 is 22.0 Å². The Hall–Kier alpha value is -1.07. The monoisotopic (exact) mass is 411 g/mol. The lowest BCUT2D eigenvalue weighted by molar-refractivity contribution is -0.0909. The molecule has 0 spiro atoms. The van der Waals surface area contributed by atoms with Gasteiger partial charge in [0.2, 0.25) is 0 Å². The number of hydrogen-bond acceptors (Lipinski definition) is 3. The summed E-state index contributed by atoms with van der Waals surface area (Å²) in [6.07, 6.45) is 1.60. The van der Waals surface area contributed by atoms with Crippen molar-refractivity contribution in [1.29, 1.82) is 0 Å². The van der Waals surface area contributed by atoms with Crippen molar-refractivity contribution < 1.29 is 14.3 Å². The Morgan fingerprint density at radius 2 is 1.72 bits per heavy atom. The molecule has 25 heavy (non-hydrogen) atoms. The van der Waals surface area contributed by atoms with Crippen LogP contribution in [-0.4, -0.2) is 36.3 Å². The van der Waals surface area contributed by atoms with E-state index in [0.717, 1.165) is 17.3 Å². The van der Waals surface area contributed by atoms with Crippen LogP contribution >= 0.6 is 15.9 Å². The van der Waals surface area contributed by atoms with Crippen LogP contribution in [0.1, 0.15) is 53.0 Å². The zero-order valence-corrected chi connectivity index (χ0v) is 17.6. The summed E-state index contributed by atoms with van der Waals surface area (Å²) in [7, 11) is 0. The molecule has 1 aromatic carbocycles. The van der Waals surface area contributed by atoms with Gasteiger partial charge in [-0.25, -0.2) is 4.79 Å². The maximum atomic E-state index is 12.3. The summed E-state index contributed by atoms with van der Waals surface area (Å²) in [6.45, 7) is 12.0. The van der Waals surface area contributed by atoms with Crippen molar-refractivity contribution in [3.63, 3.8) is 0 Å². The summed E-state index contributed by atoms with van der Waals surface area (Å²) >= 11 is 3.50. The molecule has 0 bridgehead atoms. The van der Waals surface area contributed by atoms with E-state index in [2.05, 4.69) is 47.1 Å². The van der Waals surface area contributed by atoms with Gasteiger partial charge in [0.25, 0.3) is 0 Å². The normalized spacial score (nSPS) is 18.7. The van der Waals surface area contributed by atoms with Crippen LogP contribution in [0.15, 0.2) is 28.7 Å². The van der Waals surface area contributed by atoms with Crippen LogP contribution in [-0.2, 0) is 15.1 Å². The smallest absolute Gasteiger partial charge is 0.410 e. The van der Waals surface area contributed by atoms with Crippen molar-refractivity contribution in [2.45, 2.75) is 58.7 Å². The second-order valence-corrected chi connectivity index (χ2v) is 8.70. The van der Waals surface area contributed by atoms with Crippen LogP contribution in [0.4, 0.5) is 4.79 Å². The number of piperidine rings is 1. The quantitative estimate of drug-likeness (QED) is 0.670. The van der Waals surface area contributed by atoms with Crippen molar-refractivity contribution in [2.24, 2.45) is 5.92 Å². The molecule has 2 rings (SSSR count). The molecule has 1 aromatic rings. The second-order valence-electron chi connectivity index (χ2n) is 7.79. The third-order valence-corrected chi connectivity index (χ3v) is 5.32. The van der Waals surface area contributed by atoms with Gasteiger partial charge >= 0.3 is 6.09 Å². The minimum Gasteiger partial charge on any atom is -0.444 e. The molecule has 1 saturated heterocycles. The predicted octanol–water partition coefficient (Wildman–Crippen LogP) is 5.35. The van der Waals surface area contributed by atoms with E-state index in [0.29, 0.717) is 25.6 Å². The third-order valence-electron chi connectivity index (χ3n) is 4.79. The summed E-state index contributed by atoms with van der Waals surface area (Å²) < 4.78 is 12.8. The Morgan fingerprint density at radius 3 is 2.20 bits per heavy atom. The lowest BCUT2D eigenvalue weighted by atomic mass is 9.77. The fourth-order valence-electron chi connectivity index (χ4n) is 3.46. The topological polar surface area (TPSA) is 38.8 Å². The van der Waals surface area contributed by atoms with E-state index >= 15 is 0 Å². The number of amides is 1. The van der Waals surface area contributed by atoms with E-state index in [-0.39, 0.29) is 11.7 Å². The predicted molar refractivity (Wildman–Crippen MR) is 104 cm³/mol. The molecule has 1 aliphatic heterocycles. The molecule has 0 N–H and O–H groups in total. The number of benzene rings is 1. The summed E-state index contributed by atoms with van der Waals surface area (Å²) in [4.78, 5) is 14.1. The SMILES string of the molecule is CCOC(C)(c1ccc(Br)cc1)C1CCN(C(=O)OC(C)(C)C)CC1. The summed E-state index contributed by atoms with van der Waals surface area (Å²) in [5.41, 5.74) is 0.397. The number of carbonyl (C=O) groups is 1. The van der Waals surface area contributed by atoms with E-state index in [1.165, 1.54) is 5.56 Å². The highest BCUT2D eigenvalue weighted by Gasteiger charge is 2.39. The molecule has 0 radical (unpaired) electrons. The molecule has 5 heteroatoms. The van der Waals surface area contributed by atoms with Crippen molar-refractivity contribution in [1.82, 2.24) is 4.90 Å². The van der Waals surface area contributed by atoms with Gasteiger partial charge in [-0.1, -0.05) is 28.1 Å². The van der Waals surface area contributed by atoms with Gasteiger partial charge in [0.1, 0.15) is 5.60 Å². The third kappa shape index (κ3) is 5.20. The molecule has 140 valence electrons. The summed E-state index contributed by atoms with van der Waals surface area (Å²) in [5.74, 6) is 0.368. The van der Waals surface area contributed by atoms with Gasteiger partial charge in [-0.15, -0.1) is 0 Å². The standard InChI is InChI=1S/C20H30BrNO3/c1-6-24-20(5,15-7-9-17(21)10-8-15)16-11-13-22(14-12-16)18(23)25-19(2,3)4/h7-10,16H,6,11-14H2,1-5H3. The Bertz CT molecular complexity index is 574. The van der Waals surface area contributed by atoms with Gasteiger partial charge in [0.15, 0.2) is 0 Å². The van der Waals surface area contributed by atoms with Gasteiger partial charge in [0, 0.05) is 24.2 Å². The lowest BCUT2D eigenvalue weighted by Gasteiger charge is -2.43. The first-order valence-electron chi connectivity index (χ1n) is 9.03. The Morgan fingerprint density at radius 1 is 1.16 bits per heavy atom. The van der Waals surface area contributed by atoms with Crippen LogP contribution in [0.25, 0.3) is 0 Å². The van der Waals surface area contributed by atoms with E-state index in [4.69, 9.17) is 9.47 Å². The van der Waals surface area contributed by atoms with Gasteiger partial charge in [-0.2, -0.15) is 0 Å². The highest BCUT2D eigenvalue weighted by atomic mass is 79.9. The fraction of sp³-hybridized carbons (Fsp3) is 0.650. The zero-order chi connectivity index (χ0) is 18.7. The zero-order valence-electron chi connectivity index (χ0n) is 16.0. The molecule has 1 unspecified atom stereocenters. The molecule has 1 heterocycles. The molecule has 0 aliphatic carbocycles. The number of carbonyl (C=O) groups excluding carboxylic acids is 1. The number of hydrogen-bond donors (Lipinski definition) is 0. The lowest BCUT2D eigenvalue weighted by Crippen LogP contribution is -2.46. The second kappa shape index (κ2) is 8.09. The van der Waals surface area contributed by atoms with E-state index in [1.807, 2.05) is 32.6 Å². The van der Waals surface area contributed by atoms with E-state index in [9.17, 15) is 4.79 Å². The first-order chi connectivity index (χ1) is 11.7. The molecular weight excluding hydrogens is 382 g/mol. The fourth-order valence-corrected chi connectivity index (χ4v) is 3.72. The van der Waals surface area contributed by atoms with Crippen LogP contribution in [0.5, 0.6) is 0 Å². The van der Waals surface area contributed by atoms with Crippen LogP contribution in [0, 0.1) is 5.92 Å². The van der Waals surface area contributed by atoms with E-state index in [1.54, 1.807) is 0 Å². The minimum atomic E-state index is -0.453. The number of likely N-dealkylation sites (tertiary alicyclic amines) is 1. The number of ether oxygens (including phenoxy) is 2. The van der Waals surface area contributed by atoms with Gasteiger partial charge in [-0.05, 0) is 71.1 Å². The van der Waals surface area contributed by atoms with Crippen molar-refractivity contribution in [3.05, 3.63) is 34.3 Å². The molecule has 1 atom stereocenters. The first-order valence-corrected chi connectivity index (χ1v) is 9.83. The summed E-state index contributed by atoms with van der Waals surface area (Å²) in [5, 5.41) is 0. The molecule has 0 aromatic heterocycles. The van der Waals surface area contributed by atoms with Crippen LogP contribution in [0.3, 0.4) is 0 Å². The number of rotatable bonds is 4. The first kappa shape index (κ1) is 20.2. The average Bonchev–Trinajstić information content (AvgIpc) is 2.54. The largest absolute Gasteiger partial charge is 0.444 e. The Labute approximate surface area is 160 Å². The molecular formula is C20H30BrNO3. The molecule has 1 fully saturated rings. The van der Waals surface area contributed by atoms with Crippen LogP contribution < -0.4 is 0 Å². The minimum absolute atomic E-state index is 0.215. The molecule has 1 aliphatic rings. The summed E-state index contributed by atoms with van der Waals surface area (Å²) in [6, 6.07) is 8.37. The number of nitrogens with zero attached hydrogens (tertiary/aromatic N) is 1. The average molecular weight is 412 g/mol. The highest BCUT2D eigenvalue weighted by molar-refractivity contribution is 9.10. The highest BCUT2D eigenvalue weighted by Crippen LogP contribution is 2.40. The Kier molecular flexibility index (Phi) is 6.55. The Balaban J connectivity index is 2.07. The van der Waals surface area contributed by atoms with Gasteiger partial charge in [-0.3, -0.25) is 0 Å². The van der Waals surface area contributed by atoms with Gasteiger partial charge in [0.05, 0.1) is 5.60 Å². The molecule has 1 amide bonds. The molecule has 4 nitrogen and oxygen atoms in total. The maximum absolute atomic E-state index is 12.3. The van der Waals surface area contributed by atoms with Gasteiger partial charge < -0.3 is 14.4 Å².